The summed E-state index contributed by atoms with van der Waals surface area (Å²) >= 11 is 3.41. The largest absolute Gasteiger partial charge is 0.345 e. The molecule has 0 spiro atoms. The standard InChI is InChI=1S/C13H12BrN3O/c1-15-8-17-7-11(13(18)16(2)3)10-5-4-9(14)6-12(10)17/h4-7H,8H2,2-3H3. The van der Waals surface area contributed by atoms with Gasteiger partial charge < -0.3 is 4.90 Å². The molecule has 2 aromatic rings. The minimum absolute atomic E-state index is 0.0500. The molecule has 1 aromatic heterocycles. The molecule has 0 N–H and O–H groups in total. The third-order valence-electron chi connectivity index (χ3n) is 2.70. The topological polar surface area (TPSA) is 29.6 Å². The van der Waals surface area contributed by atoms with Gasteiger partial charge in [0.05, 0.1) is 11.1 Å². The van der Waals surface area contributed by atoms with Crippen molar-refractivity contribution in [3.05, 3.63) is 45.8 Å². The molecule has 4 nitrogen and oxygen atoms in total. The van der Waals surface area contributed by atoms with E-state index >= 15 is 0 Å². The lowest BCUT2D eigenvalue weighted by atomic mass is 10.1. The van der Waals surface area contributed by atoms with Crippen LogP contribution in [0.5, 0.6) is 0 Å². The summed E-state index contributed by atoms with van der Waals surface area (Å²) in [5.74, 6) is -0.0500. The zero-order valence-electron chi connectivity index (χ0n) is 10.1. The third kappa shape index (κ3) is 2.12. The number of rotatable bonds is 2. The Morgan fingerprint density at radius 3 is 2.83 bits per heavy atom. The molecule has 0 aliphatic rings. The van der Waals surface area contributed by atoms with E-state index in [1.165, 1.54) is 0 Å². The molecule has 0 radical (unpaired) electrons. The highest BCUT2D eigenvalue weighted by molar-refractivity contribution is 9.10. The van der Waals surface area contributed by atoms with E-state index in [2.05, 4.69) is 20.8 Å². The smallest absolute Gasteiger partial charge is 0.293 e. The van der Waals surface area contributed by atoms with Crippen molar-refractivity contribution in [3.8, 4) is 0 Å². The van der Waals surface area contributed by atoms with Crippen LogP contribution >= 0.6 is 15.9 Å². The van der Waals surface area contributed by atoms with Crippen molar-refractivity contribution in [2.45, 2.75) is 6.67 Å². The van der Waals surface area contributed by atoms with Crippen molar-refractivity contribution >= 4 is 32.7 Å². The van der Waals surface area contributed by atoms with E-state index in [4.69, 9.17) is 6.57 Å². The van der Waals surface area contributed by atoms with E-state index < -0.39 is 0 Å². The molecule has 0 aliphatic heterocycles. The maximum absolute atomic E-state index is 12.1. The Balaban J connectivity index is 2.69. The molecule has 92 valence electrons. The Morgan fingerprint density at radius 1 is 1.50 bits per heavy atom. The number of nitrogens with zero attached hydrogens (tertiary/aromatic N) is 3. The van der Waals surface area contributed by atoms with Crippen molar-refractivity contribution in [3.63, 3.8) is 0 Å². The fourth-order valence-corrected chi connectivity index (χ4v) is 2.22. The summed E-state index contributed by atoms with van der Waals surface area (Å²) in [5, 5.41) is 0.876. The van der Waals surface area contributed by atoms with Crippen molar-refractivity contribution in [1.29, 1.82) is 0 Å². The predicted octanol–water partition coefficient (Wildman–Crippen LogP) is 2.98. The van der Waals surface area contributed by atoms with E-state index in [1.54, 1.807) is 29.8 Å². The van der Waals surface area contributed by atoms with Gasteiger partial charge in [0.25, 0.3) is 12.6 Å². The van der Waals surface area contributed by atoms with Crippen LogP contribution in [0.25, 0.3) is 15.7 Å². The third-order valence-corrected chi connectivity index (χ3v) is 3.20. The second kappa shape index (κ2) is 4.83. The van der Waals surface area contributed by atoms with E-state index in [9.17, 15) is 4.79 Å². The van der Waals surface area contributed by atoms with Gasteiger partial charge in [-0.1, -0.05) is 22.0 Å². The number of carbonyl (C=O) groups excluding carboxylic acids is 1. The van der Waals surface area contributed by atoms with Crippen LogP contribution in [0.2, 0.25) is 0 Å². The zero-order chi connectivity index (χ0) is 13.3. The monoisotopic (exact) mass is 305 g/mol. The van der Waals surface area contributed by atoms with E-state index in [0.717, 1.165) is 15.4 Å². The Hall–Kier alpha value is -1.80. The van der Waals surface area contributed by atoms with Gasteiger partial charge >= 0.3 is 0 Å². The normalized spacial score (nSPS) is 10.3. The van der Waals surface area contributed by atoms with Gasteiger partial charge in [0, 0.05) is 30.2 Å². The molecule has 2 rings (SSSR count). The quantitative estimate of drug-likeness (QED) is 0.784. The Labute approximate surface area is 114 Å². The average molecular weight is 306 g/mol. The average Bonchev–Trinajstić information content (AvgIpc) is 2.67. The van der Waals surface area contributed by atoms with Crippen LogP contribution in [0.15, 0.2) is 28.9 Å². The van der Waals surface area contributed by atoms with Crippen LogP contribution in [-0.4, -0.2) is 29.5 Å². The number of carbonyl (C=O) groups is 1. The van der Waals surface area contributed by atoms with Gasteiger partial charge in [-0.3, -0.25) is 14.2 Å². The van der Waals surface area contributed by atoms with Gasteiger partial charge in [-0.15, -0.1) is 0 Å². The van der Waals surface area contributed by atoms with Crippen LogP contribution < -0.4 is 0 Å². The lowest BCUT2D eigenvalue weighted by Crippen LogP contribution is -2.21. The molecular formula is C13H12BrN3O. The van der Waals surface area contributed by atoms with Gasteiger partial charge in [-0.25, -0.2) is 6.57 Å². The van der Waals surface area contributed by atoms with Gasteiger partial charge in [0.2, 0.25) is 0 Å². The van der Waals surface area contributed by atoms with Crippen LogP contribution in [0.1, 0.15) is 10.4 Å². The fourth-order valence-electron chi connectivity index (χ4n) is 1.87. The molecule has 0 aliphatic carbocycles. The summed E-state index contributed by atoms with van der Waals surface area (Å²) in [6.45, 7) is 7.18. The summed E-state index contributed by atoms with van der Waals surface area (Å²) in [4.78, 5) is 17.0. The summed E-state index contributed by atoms with van der Waals surface area (Å²) in [7, 11) is 3.44. The lowest BCUT2D eigenvalue weighted by Gasteiger charge is -2.08. The second-order valence-corrected chi connectivity index (χ2v) is 5.09. The van der Waals surface area contributed by atoms with Crippen molar-refractivity contribution in [1.82, 2.24) is 9.47 Å². The molecule has 18 heavy (non-hydrogen) atoms. The summed E-state index contributed by atoms with van der Waals surface area (Å²) < 4.78 is 2.73. The SMILES string of the molecule is [C-]#[N+]Cn1cc(C(=O)N(C)C)c2ccc(Br)cc21. The van der Waals surface area contributed by atoms with Gasteiger partial charge in [0.1, 0.15) is 0 Å². The molecule has 0 saturated carbocycles. The van der Waals surface area contributed by atoms with Crippen LogP contribution in [0, 0.1) is 6.57 Å². The number of halogens is 1. The predicted molar refractivity (Wildman–Crippen MR) is 74.3 cm³/mol. The molecule has 0 unspecified atom stereocenters. The number of aromatic nitrogens is 1. The number of fused-ring (bicyclic) bond motifs is 1. The van der Waals surface area contributed by atoms with Crippen LogP contribution in [0.3, 0.4) is 0 Å². The maximum atomic E-state index is 12.1. The molecule has 1 amide bonds. The molecule has 0 atom stereocenters. The van der Waals surface area contributed by atoms with Gasteiger partial charge in [-0.05, 0) is 12.1 Å². The van der Waals surface area contributed by atoms with Crippen molar-refractivity contribution in [2.75, 3.05) is 14.1 Å². The number of hydrogen-bond acceptors (Lipinski definition) is 1. The van der Waals surface area contributed by atoms with Gasteiger partial charge in [0.15, 0.2) is 0 Å². The lowest BCUT2D eigenvalue weighted by molar-refractivity contribution is 0.0829. The first-order valence-corrected chi connectivity index (χ1v) is 6.17. The molecule has 5 heteroatoms. The van der Waals surface area contributed by atoms with Crippen molar-refractivity contribution in [2.24, 2.45) is 0 Å². The fraction of sp³-hybridized carbons (Fsp3) is 0.231. The number of amides is 1. The van der Waals surface area contributed by atoms with Crippen LogP contribution in [0.4, 0.5) is 0 Å². The minimum atomic E-state index is -0.0500. The molecule has 0 bridgehead atoms. The van der Waals surface area contributed by atoms with E-state index in [0.29, 0.717) is 5.56 Å². The summed E-state index contributed by atoms with van der Waals surface area (Å²) in [6, 6.07) is 5.72. The molecule has 1 heterocycles. The van der Waals surface area contributed by atoms with Gasteiger partial charge in [-0.2, -0.15) is 0 Å². The maximum Gasteiger partial charge on any atom is 0.293 e. The molecule has 0 fully saturated rings. The van der Waals surface area contributed by atoms with Crippen LogP contribution in [-0.2, 0) is 6.67 Å². The van der Waals surface area contributed by atoms with E-state index in [-0.39, 0.29) is 12.6 Å². The Bertz CT molecular complexity index is 652. The highest BCUT2D eigenvalue weighted by atomic mass is 79.9. The molecular weight excluding hydrogens is 294 g/mol. The Kier molecular flexibility index (Phi) is 3.39. The zero-order valence-corrected chi connectivity index (χ0v) is 11.7. The molecule has 1 aromatic carbocycles. The number of benzene rings is 1. The molecule has 0 saturated heterocycles. The minimum Gasteiger partial charge on any atom is -0.345 e. The highest BCUT2D eigenvalue weighted by Crippen LogP contribution is 2.25. The first-order chi connectivity index (χ1) is 8.54. The first kappa shape index (κ1) is 12.7. The van der Waals surface area contributed by atoms with E-state index in [1.807, 2.05) is 18.2 Å². The Morgan fingerprint density at radius 2 is 2.22 bits per heavy atom. The van der Waals surface area contributed by atoms with Crippen molar-refractivity contribution < 1.29 is 4.79 Å². The second-order valence-electron chi connectivity index (χ2n) is 4.17. The highest BCUT2D eigenvalue weighted by Gasteiger charge is 2.17. The summed E-state index contributed by atoms with van der Waals surface area (Å²) in [5.41, 5.74) is 1.52. The first-order valence-electron chi connectivity index (χ1n) is 5.38. The summed E-state index contributed by atoms with van der Waals surface area (Å²) in [6.07, 6.45) is 1.75. The number of hydrogen-bond donors (Lipinski definition) is 0.